The van der Waals surface area contributed by atoms with Crippen LogP contribution in [0.3, 0.4) is 0 Å². The first-order valence-corrected chi connectivity index (χ1v) is 15.0. The van der Waals surface area contributed by atoms with Crippen LogP contribution in [0.15, 0.2) is 29.8 Å². The minimum Gasteiger partial charge on any atom is -0.352 e. The molecule has 2 unspecified atom stereocenters. The summed E-state index contributed by atoms with van der Waals surface area (Å²) in [4.78, 5) is 25.1. The number of thioether (sulfide) groups is 1. The van der Waals surface area contributed by atoms with Gasteiger partial charge >= 0.3 is 35.8 Å². The van der Waals surface area contributed by atoms with Crippen LogP contribution in [0, 0.1) is 16.7 Å². The second kappa shape index (κ2) is 12.2. The lowest BCUT2D eigenvalue weighted by molar-refractivity contribution is -0.439. The molecule has 0 spiro atoms. The molecule has 0 radical (unpaired) electrons. The Bertz CT molecular complexity index is 1340. The molecule has 3 nitrogen and oxygen atoms in total. The van der Waals surface area contributed by atoms with E-state index >= 15 is 0 Å². The minimum absolute atomic E-state index is 0.0170. The van der Waals surface area contributed by atoms with Gasteiger partial charge in [-0.1, -0.05) is 45.0 Å². The summed E-state index contributed by atoms with van der Waals surface area (Å²) >= 11 is 0.327. The van der Waals surface area contributed by atoms with Crippen LogP contribution in [-0.2, 0) is 16.1 Å². The monoisotopic (exact) mass is 703 g/mol. The number of carbonyl (C=O) groups excluding carboxylic acids is 2. The van der Waals surface area contributed by atoms with E-state index in [1.807, 2.05) is 13.0 Å². The van der Waals surface area contributed by atoms with Crippen molar-refractivity contribution < 1.29 is 66.7 Å². The molecule has 0 aliphatic heterocycles. The molecule has 46 heavy (non-hydrogen) atoms. The zero-order valence-electron chi connectivity index (χ0n) is 24.6. The average molecular weight is 704 g/mol. The van der Waals surface area contributed by atoms with E-state index < -0.39 is 59.3 Å². The van der Waals surface area contributed by atoms with Gasteiger partial charge in [0.25, 0.3) is 0 Å². The zero-order chi connectivity index (χ0) is 35.4. The number of ketones is 1. The summed E-state index contributed by atoms with van der Waals surface area (Å²) < 4.78 is 171. The Balaban J connectivity index is 1.47. The highest BCUT2D eigenvalue weighted by Crippen LogP contribution is 2.66. The van der Waals surface area contributed by atoms with Gasteiger partial charge in [-0.25, -0.2) is 0 Å². The fourth-order valence-electron chi connectivity index (χ4n) is 5.72. The predicted octanol–water partition coefficient (Wildman–Crippen LogP) is 8.96. The van der Waals surface area contributed by atoms with E-state index in [0.29, 0.717) is 17.3 Å². The maximum absolute atomic E-state index is 13.9. The Labute approximate surface area is 259 Å². The van der Waals surface area contributed by atoms with Crippen molar-refractivity contribution in [1.82, 2.24) is 5.32 Å². The molecule has 1 amide bonds. The van der Waals surface area contributed by atoms with Crippen molar-refractivity contribution in [1.29, 1.82) is 0 Å². The molecule has 1 aromatic rings. The molecule has 0 aromatic heterocycles. The van der Waals surface area contributed by atoms with E-state index in [4.69, 9.17) is 0 Å². The van der Waals surface area contributed by atoms with Gasteiger partial charge in [-0.3, -0.25) is 9.59 Å². The smallest absolute Gasteiger partial charge is 0.352 e. The molecule has 2 bridgehead atoms. The second-order valence-corrected chi connectivity index (χ2v) is 13.4. The largest absolute Gasteiger partial charge is 0.460 e. The van der Waals surface area contributed by atoms with Gasteiger partial charge in [0.2, 0.25) is 5.91 Å². The fourth-order valence-corrected chi connectivity index (χ4v) is 6.66. The average Bonchev–Trinajstić information content (AvgIpc) is 3.24. The molecular weight excluding hydrogens is 673 g/mol. The maximum Gasteiger partial charge on any atom is 0.460 e. The summed E-state index contributed by atoms with van der Waals surface area (Å²) in [5.74, 6) is -38.8. The third kappa shape index (κ3) is 6.13. The summed E-state index contributed by atoms with van der Waals surface area (Å²) in [5, 5.41) is 2.50. The molecule has 2 atom stereocenters. The first-order chi connectivity index (χ1) is 20.7. The van der Waals surface area contributed by atoms with Crippen LogP contribution in [-0.4, -0.2) is 59.0 Å². The zero-order valence-corrected chi connectivity index (χ0v) is 25.4. The first-order valence-electron chi connectivity index (χ1n) is 13.8. The van der Waals surface area contributed by atoms with Crippen molar-refractivity contribution in [3.05, 3.63) is 41.0 Å². The van der Waals surface area contributed by atoms with Gasteiger partial charge in [-0.15, -0.1) is 0 Å². The SMILES string of the molecule is CC12CCC(/C(=C/c3ccc(CNC(=O)CCSCCC(F)(F)C(F)(F)C(F)(F)C(F)(F)C(F)(F)C(F)(F)F)cc3)C1=O)C2(C)C. The number of nitrogens with one attached hydrogen (secondary N) is 1. The number of carbonyl (C=O) groups is 2. The van der Waals surface area contributed by atoms with Crippen LogP contribution < -0.4 is 5.32 Å². The lowest BCUT2D eigenvalue weighted by Crippen LogP contribution is -2.70. The van der Waals surface area contributed by atoms with E-state index in [2.05, 4.69) is 19.2 Å². The number of fused-ring (bicyclic) bond motifs is 2. The highest BCUT2D eigenvalue weighted by molar-refractivity contribution is 7.99. The van der Waals surface area contributed by atoms with Crippen molar-refractivity contribution in [3.63, 3.8) is 0 Å². The van der Waals surface area contributed by atoms with Gasteiger partial charge in [0.05, 0.1) is 0 Å². The summed E-state index contributed by atoms with van der Waals surface area (Å²) in [7, 11) is 0. The van der Waals surface area contributed by atoms with E-state index in [0.717, 1.165) is 24.0 Å². The number of allylic oxidation sites excluding steroid dienone is 1. The number of rotatable bonds is 13. The molecular formula is C29H30F13NO2S. The quantitative estimate of drug-likeness (QED) is 0.127. The van der Waals surface area contributed by atoms with Crippen molar-refractivity contribution >= 4 is 29.5 Å². The van der Waals surface area contributed by atoms with Gasteiger partial charge in [0.1, 0.15) is 0 Å². The molecule has 2 fully saturated rings. The number of hydrogen-bond acceptors (Lipinski definition) is 3. The van der Waals surface area contributed by atoms with Gasteiger partial charge in [0, 0.05) is 30.6 Å². The number of amides is 1. The summed E-state index contributed by atoms with van der Waals surface area (Å²) in [6.45, 7) is 6.18. The van der Waals surface area contributed by atoms with Crippen molar-refractivity contribution in [3.8, 4) is 0 Å². The molecule has 2 aliphatic carbocycles. The third-order valence-electron chi connectivity index (χ3n) is 9.19. The third-order valence-corrected chi connectivity index (χ3v) is 10.2. The highest BCUT2D eigenvalue weighted by Gasteiger charge is 2.90. The number of benzene rings is 1. The molecule has 0 heterocycles. The molecule has 1 aromatic carbocycles. The topological polar surface area (TPSA) is 46.2 Å². The first kappa shape index (κ1) is 38.0. The Hall–Kier alpha value is -2.46. The Morgan fingerprint density at radius 1 is 0.848 bits per heavy atom. The molecule has 17 heteroatoms. The van der Waals surface area contributed by atoms with Crippen molar-refractivity contribution in [2.75, 3.05) is 11.5 Å². The number of hydrogen-bond donors (Lipinski definition) is 1. The van der Waals surface area contributed by atoms with E-state index in [9.17, 15) is 66.7 Å². The Kier molecular flexibility index (Phi) is 10.1. The van der Waals surface area contributed by atoms with Gasteiger partial charge in [0.15, 0.2) is 5.78 Å². The highest BCUT2D eigenvalue weighted by atomic mass is 32.2. The van der Waals surface area contributed by atoms with Gasteiger partial charge < -0.3 is 5.32 Å². The van der Waals surface area contributed by atoms with Crippen LogP contribution >= 0.6 is 11.8 Å². The second-order valence-electron chi connectivity index (χ2n) is 12.2. The fraction of sp³-hybridized carbons (Fsp3) is 0.655. The molecule has 3 rings (SSSR count). The van der Waals surface area contributed by atoms with Crippen LogP contribution in [0.4, 0.5) is 57.1 Å². The van der Waals surface area contributed by atoms with E-state index in [1.165, 1.54) is 0 Å². The summed E-state index contributed by atoms with van der Waals surface area (Å²) in [5.41, 5.74) is 1.63. The van der Waals surface area contributed by atoms with Crippen LogP contribution in [0.25, 0.3) is 6.08 Å². The summed E-state index contributed by atoms with van der Waals surface area (Å²) in [6.07, 6.45) is -6.54. The minimum atomic E-state index is -7.92. The number of Topliss-reactive ketones (excluding diaryl/α,β-unsaturated/α-hetero) is 1. The van der Waals surface area contributed by atoms with Gasteiger partial charge in [-0.05, 0) is 52.7 Å². The van der Waals surface area contributed by atoms with Crippen LogP contribution in [0.5, 0.6) is 0 Å². The number of alkyl halides is 13. The van der Waals surface area contributed by atoms with E-state index in [-0.39, 0.29) is 35.8 Å². The van der Waals surface area contributed by atoms with Gasteiger partial charge in [-0.2, -0.15) is 68.8 Å². The Morgan fingerprint density at radius 3 is 1.89 bits per heavy atom. The lowest BCUT2D eigenvalue weighted by Gasteiger charge is -2.39. The molecule has 2 saturated carbocycles. The van der Waals surface area contributed by atoms with Crippen LogP contribution in [0.1, 0.15) is 57.6 Å². The lowest BCUT2D eigenvalue weighted by atomic mass is 9.70. The predicted molar refractivity (Wildman–Crippen MR) is 143 cm³/mol. The summed E-state index contributed by atoms with van der Waals surface area (Å²) in [6, 6.07) is 6.88. The van der Waals surface area contributed by atoms with Crippen molar-refractivity contribution in [2.45, 2.75) is 88.8 Å². The standard InChI is InChI=1S/C29H30F13NO2S/c1-22(2)19-8-10-23(22,3)21(45)18(19)14-16-4-6-17(7-5-16)15-43-20(44)9-12-46-13-11-24(30,31)25(32,33)26(34,35)27(36,37)28(38,39)29(40,41)42/h4-7,14,19H,8-13,15H2,1-3H3,(H,43,44)/b18-14-. The normalized spacial score (nSPS) is 23.3. The molecule has 2 aliphatic rings. The molecule has 1 N–H and O–H groups in total. The van der Waals surface area contributed by atoms with Crippen molar-refractivity contribution in [2.24, 2.45) is 16.7 Å². The van der Waals surface area contributed by atoms with E-state index in [1.54, 1.807) is 24.3 Å². The molecule has 0 saturated heterocycles. The van der Waals surface area contributed by atoms with Crippen LogP contribution in [0.2, 0.25) is 0 Å². The molecule has 260 valence electrons. The maximum atomic E-state index is 13.9. The Morgan fingerprint density at radius 2 is 1.39 bits per heavy atom. The number of halogens is 13.